The van der Waals surface area contributed by atoms with E-state index in [1.165, 1.54) is 6.07 Å². The summed E-state index contributed by atoms with van der Waals surface area (Å²) in [5.74, 6) is -13.8. The van der Waals surface area contributed by atoms with E-state index >= 15 is 0 Å². The zero-order chi connectivity index (χ0) is 41.7. The molecular formula is C23H32F3N5O4. The highest BCUT2D eigenvalue weighted by Gasteiger charge is 2.70. The van der Waals surface area contributed by atoms with Gasteiger partial charge in [-0.3, -0.25) is 19.2 Å². The molecule has 2 heterocycles. The maximum atomic E-state index is 14.4. The number of halogens is 3. The quantitative estimate of drug-likeness (QED) is 0.486. The van der Waals surface area contributed by atoms with Crippen LogP contribution in [-0.2, 0) is 19.2 Å². The molecule has 0 aromatic heterocycles. The molecule has 0 unspecified atom stereocenters. The highest BCUT2D eigenvalue weighted by atomic mass is 19.4. The van der Waals surface area contributed by atoms with Gasteiger partial charge in [0.2, 0.25) is 17.7 Å². The number of hydrogen-bond donors (Lipinski definition) is 3. The maximum Gasteiger partial charge on any atom is 0.471 e. The van der Waals surface area contributed by atoms with Crippen molar-refractivity contribution in [2.75, 3.05) is 13.0 Å². The van der Waals surface area contributed by atoms with Gasteiger partial charge in [-0.15, -0.1) is 0 Å². The average Bonchev–Trinajstić information content (AvgIpc) is 3.30. The number of piperidine rings is 1. The van der Waals surface area contributed by atoms with E-state index in [-0.39, 0.29) is 4.90 Å². The molecule has 3 fully saturated rings. The van der Waals surface area contributed by atoms with Gasteiger partial charge in [-0.1, -0.05) is 34.3 Å². The minimum Gasteiger partial charge on any atom is -0.356 e. The molecule has 3 N–H and O–H groups in total. The Bertz CT molecular complexity index is 1520. The first kappa shape index (κ1) is 11.5. The fourth-order valence-electron chi connectivity index (χ4n) is 4.22. The summed E-state index contributed by atoms with van der Waals surface area (Å²) in [6.45, 7) is -24.6. The summed E-state index contributed by atoms with van der Waals surface area (Å²) in [6, 6.07) is -7.85. The van der Waals surface area contributed by atoms with Crippen molar-refractivity contribution in [3.05, 3.63) is 0 Å². The van der Waals surface area contributed by atoms with E-state index in [2.05, 4.69) is 0 Å². The summed E-state index contributed by atoms with van der Waals surface area (Å²) < 4.78 is 185. The van der Waals surface area contributed by atoms with Crippen LogP contribution in [0.2, 0.25) is 0 Å². The van der Waals surface area contributed by atoms with Crippen molar-refractivity contribution in [3.63, 3.8) is 0 Å². The monoisotopic (exact) mass is 517 g/mol. The number of likely N-dealkylation sites (tertiary alicyclic amines) is 1. The SMILES string of the molecule is [2H]C1([2H])C[C@@H](C[C@@H](C#N)NC(=O)[C@@H]2[C@@H]3[C@H](CN2C(=O)[C@@]([2H])(NC(=O)C(F)(F)F)C(C([2H])([2H])[2H])(C([2H])([2H])[2H])C([2H])([2H])[2H])C3(C([2H])([2H])[2H])C([2H])([2H])[2H])C(=O)N1. The highest BCUT2D eigenvalue weighted by molar-refractivity contribution is 5.95. The Kier molecular flexibility index (Phi) is 2.95. The van der Waals surface area contributed by atoms with Crippen LogP contribution in [0.1, 0.15) is 71.8 Å². The van der Waals surface area contributed by atoms with Crippen LogP contribution in [0.25, 0.3) is 0 Å². The summed E-state index contributed by atoms with van der Waals surface area (Å²) in [5, 5.41) is 14.3. The lowest BCUT2D eigenvalue weighted by molar-refractivity contribution is -0.176. The highest BCUT2D eigenvalue weighted by Crippen LogP contribution is 2.65. The Morgan fingerprint density at radius 3 is 2.54 bits per heavy atom. The lowest BCUT2D eigenvalue weighted by atomic mass is 9.85. The van der Waals surface area contributed by atoms with Gasteiger partial charge >= 0.3 is 12.1 Å². The van der Waals surface area contributed by atoms with Gasteiger partial charge in [0, 0.05) is 42.3 Å². The number of alkyl halides is 3. The van der Waals surface area contributed by atoms with Crippen LogP contribution in [0.4, 0.5) is 13.2 Å². The molecule has 4 amide bonds. The van der Waals surface area contributed by atoms with Gasteiger partial charge in [-0.2, -0.15) is 18.4 Å². The van der Waals surface area contributed by atoms with Crippen LogP contribution in [-0.4, -0.2) is 65.8 Å². The van der Waals surface area contributed by atoms with E-state index in [0.717, 1.165) is 0 Å². The van der Waals surface area contributed by atoms with Crippen LogP contribution in [0.3, 0.4) is 0 Å². The second kappa shape index (κ2) is 8.99. The third-order valence-electron chi connectivity index (χ3n) is 6.04. The molecule has 1 aliphatic carbocycles. The molecule has 194 valence electrons. The fraction of sp³-hybridized carbons (Fsp3) is 0.783. The van der Waals surface area contributed by atoms with E-state index in [4.69, 9.17) is 24.7 Å². The molecule has 2 aliphatic heterocycles. The number of carbonyl (C=O) groups is 4. The zero-order valence-electron chi connectivity index (χ0n) is 35.7. The summed E-state index contributed by atoms with van der Waals surface area (Å²) >= 11 is 0. The number of amides is 4. The van der Waals surface area contributed by atoms with Crippen LogP contribution in [0, 0.1) is 39.9 Å². The van der Waals surface area contributed by atoms with Gasteiger partial charge in [0.25, 0.3) is 0 Å². The fourth-order valence-corrected chi connectivity index (χ4v) is 4.22. The van der Waals surface area contributed by atoms with E-state index in [1.54, 1.807) is 0 Å². The lowest BCUT2D eigenvalue weighted by Gasteiger charge is -2.37. The first-order valence-electron chi connectivity index (χ1n) is 19.0. The molecule has 0 aromatic rings. The Morgan fingerprint density at radius 1 is 1.34 bits per heavy atom. The molecule has 0 radical (unpaired) electrons. The smallest absolute Gasteiger partial charge is 0.356 e. The number of hydrogen-bond acceptors (Lipinski definition) is 5. The van der Waals surface area contributed by atoms with Gasteiger partial charge in [0.1, 0.15) is 18.1 Å². The normalized spacial score (nSPS) is 40.6. The predicted octanol–water partition coefficient (Wildman–Crippen LogP) is 1.10. The van der Waals surface area contributed by atoms with Crippen LogP contribution in [0.15, 0.2) is 0 Å². The molecule has 12 heteroatoms. The van der Waals surface area contributed by atoms with Crippen LogP contribution in [0.5, 0.6) is 0 Å². The predicted molar refractivity (Wildman–Crippen MR) is 117 cm³/mol. The van der Waals surface area contributed by atoms with Crippen LogP contribution >= 0.6 is 0 Å². The standard InChI is InChI=1S/C23H32F3N5O4/c1-21(2,3)16(30-20(35)23(24,25)26)19(34)31-10-13-14(22(13,4)5)15(31)18(33)29-12(9-27)8-11-6-7-28-17(11)32/h11-16H,6-8,10H2,1-5H3,(H,28,32)(H,29,33)(H,30,35)/t11-,12-,13-,14-,15-,16+/m0/s1/i1D3,2D3,3D3,4D3,5D3,7D2,16D. The Labute approximate surface area is 227 Å². The van der Waals surface area contributed by atoms with Gasteiger partial charge < -0.3 is 20.9 Å². The molecule has 6 atom stereocenters. The van der Waals surface area contributed by atoms with E-state index in [0.29, 0.717) is 5.32 Å². The minimum atomic E-state index is -6.14. The molecule has 35 heavy (non-hydrogen) atoms. The lowest BCUT2D eigenvalue weighted by Crippen LogP contribution is -2.61. The molecule has 0 aromatic carbocycles. The van der Waals surface area contributed by atoms with Crippen molar-refractivity contribution in [1.82, 2.24) is 20.9 Å². The summed E-state index contributed by atoms with van der Waals surface area (Å²) in [4.78, 5) is 52.9. The van der Waals surface area contributed by atoms with Crippen molar-refractivity contribution in [1.29, 1.82) is 5.26 Å². The average molecular weight is 518 g/mol. The molecule has 3 rings (SSSR count). The topological polar surface area (TPSA) is 131 Å². The molecule has 2 saturated heterocycles. The van der Waals surface area contributed by atoms with Gasteiger partial charge in [-0.05, 0) is 35.5 Å². The largest absolute Gasteiger partial charge is 0.471 e. The maximum absolute atomic E-state index is 14.4. The van der Waals surface area contributed by atoms with E-state index < -0.39 is 137 Å². The van der Waals surface area contributed by atoms with Crippen molar-refractivity contribution >= 4 is 23.6 Å². The first-order chi connectivity index (χ1) is 23.3. The van der Waals surface area contributed by atoms with Gasteiger partial charge in [0.05, 0.1) is 7.44 Å². The summed E-state index contributed by atoms with van der Waals surface area (Å²) in [7, 11) is 0. The Morgan fingerprint density at radius 2 is 2.03 bits per heavy atom. The van der Waals surface area contributed by atoms with Crippen molar-refractivity contribution in [3.8, 4) is 6.07 Å². The molecule has 0 spiro atoms. The Hall–Kier alpha value is -2.84. The molecular weight excluding hydrogens is 467 g/mol. The first-order valence-corrected chi connectivity index (χ1v) is 10.0. The number of nitrogens with zero attached hydrogens (tertiary/aromatic N) is 2. The van der Waals surface area contributed by atoms with Crippen LogP contribution < -0.4 is 16.0 Å². The number of nitriles is 1. The van der Waals surface area contributed by atoms with Crippen molar-refractivity contribution in [2.45, 2.75) is 71.4 Å². The number of fused-ring (bicyclic) bond motifs is 1. The number of rotatable bonds is 6. The van der Waals surface area contributed by atoms with E-state index in [9.17, 15) is 37.6 Å². The Balaban J connectivity index is 2.31. The minimum absolute atomic E-state index is 0.0998. The second-order valence-corrected chi connectivity index (χ2v) is 8.47. The molecule has 3 aliphatic rings. The number of carbonyl (C=O) groups excluding carboxylic acids is 4. The summed E-state index contributed by atoms with van der Waals surface area (Å²) in [5.41, 5.74) is -7.85. The van der Waals surface area contributed by atoms with Gasteiger partial charge in [-0.25, -0.2) is 0 Å². The van der Waals surface area contributed by atoms with Crippen molar-refractivity contribution in [2.24, 2.45) is 28.6 Å². The molecule has 1 saturated carbocycles. The second-order valence-electron chi connectivity index (χ2n) is 8.47. The summed E-state index contributed by atoms with van der Waals surface area (Å²) in [6.07, 6.45) is -7.32. The zero-order valence-corrected chi connectivity index (χ0v) is 17.7. The van der Waals surface area contributed by atoms with E-state index in [1.807, 2.05) is 10.6 Å². The molecule has 9 nitrogen and oxygen atoms in total. The third kappa shape index (κ3) is 5.23. The third-order valence-corrected chi connectivity index (χ3v) is 6.04. The van der Waals surface area contributed by atoms with Gasteiger partial charge in [0.15, 0.2) is 0 Å². The number of nitrogens with one attached hydrogen (secondary N) is 3. The van der Waals surface area contributed by atoms with Crippen molar-refractivity contribution < 1.29 is 57.0 Å². The molecule has 0 bridgehead atoms.